The van der Waals surface area contributed by atoms with Gasteiger partial charge in [0.25, 0.3) is 0 Å². The van der Waals surface area contributed by atoms with Crippen molar-refractivity contribution in [3.05, 3.63) is 43.0 Å². The fraction of sp³-hybridized carbons (Fsp3) is 0.200. The van der Waals surface area contributed by atoms with Gasteiger partial charge >= 0.3 is 79.1 Å². The molecule has 0 bridgehead atoms. The molecule has 0 aromatic rings. The van der Waals surface area contributed by atoms with Gasteiger partial charge in [-0.05, 0) is 0 Å². The van der Waals surface area contributed by atoms with E-state index < -0.39 is 0 Å². The van der Waals surface area contributed by atoms with Crippen molar-refractivity contribution in [2.24, 2.45) is 0 Å². The zero-order valence-electron chi connectivity index (χ0n) is 7.76. The minimum atomic E-state index is -0.312. The second-order valence-corrected chi connectivity index (χ2v) is 6.55. The van der Waals surface area contributed by atoms with Crippen molar-refractivity contribution in [1.82, 2.24) is 0 Å². The Morgan fingerprint density at radius 2 is 1.50 bits per heavy atom. The van der Waals surface area contributed by atoms with Crippen LogP contribution in [0.25, 0.3) is 0 Å². The van der Waals surface area contributed by atoms with Crippen LogP contribution in [0.5, 0.6) is 0 Å². The summed E-state index contributed by atoms with van der Waals surface area (Å²) in [5.74, 6) is 0. The van der Waals surface area contributed by atoms with Gasteiger partial charge in [0.15, 0.2) is 0 Å². The van der Waals surface area contributed by atoms with Crippen molar-refractivity contribution in [2.45, 2.75) is 12.8 Å². The monoisotopic (exact) mass is 256 g/mol. The van der Waals surface area contributed by atoms with E-state index in [1.165, 1.54) is 12.8 Å². The molecular formula is C10H11ClZr-2. The van der Waals surface area contributed by atoms with Gasteiger partial charge in [0.2, 0.25) is 0 Å². The molecule has 2 heteroatoms. The quantitative estimate of drug-likeness (QED) is 0.647. The van der Waals surface area contributed by atoms with Gasteiger partial charge in [0.1, 0.15) is 0 Å². The van der Waals surface area contributed by atoms with Crippen LogP contribution < -0.4 is 12.4 Å². The number of rotatable bonds is 2. The molecule has 2 aliphatic rings. The Morgan fingerprint density at radius 3 is 1.83 bits per heavy atom. The van der Waals surface area contributed by atoms with E-state index in [0.717, 1.165) is 0 Å². The van der Waals surface area contributed by atoms with Gasteiger partial charge in [-0.1, -0.05) is 0 Å². The summed E-state index contributed by atoms with van der Waals surface area (Å²) in [7, 11) is 0. The largest absolute Gasteiger partial charge is 1.00 e. The molecule has 0 aromatic heterocycles. The van der Waals surface area contributed by atoms with Gasteiger partial charge in [-0.2, -0.15) is 0 Å². The summed E-state index contributed by atoms with van der Waals surface area (Å²) in [6, 6.07) is 0. The van der Waals surface area contributed by atoms with Crippen LogP contribution in [0.3, 0.4) is 0 Å². The molecule has 0 spiro atoms. The zero-order chi connectivity index (χ0) is 7.52. The molecule has 0 amide bonds. The van der Waals surface area contributed by atoms with E-state index in [1.807, 2.05) is 0 Å². The van der Waals surface area contributed by atoms with Crippen molar-refractivity contribution in [3.63, 3.8) is 0 Å². The fourth-order valence-corrected chi connectivity index (χ4v) is 4.26. The molecule has 0 atom stereocenters. The van der Waals surface area contributed by atoms with Crippen molar-refractivity contribution in [3.8, 4) is 0 Å². The Kier molecular flexibility index (Phi) is 4.25. The Balaban J connectivity index is 0.000000720. The summed E-state index contributed by atoms with van der Waals surface area (Å²) < 4.78 is 3.45. The van der Waals surface area contributed by atoms with E-state index in [4.69, 9.17) is 0 Å². The third-order valence-electron chi connectivity index (χ3n) is 1.86. The van der Waals surface area contributed by atoms with Crippen LogP contribution in [-0.2, 0) is 23.2 Å². The van der Waals surface area contributed by atoms with Gasteiger partial charge in [0.05, 0.1) is 0 Å². The molecule has 0 unspecified atom stereocenters. The van der Waals surface area contributed by atoms with Crippen molar-refractivity contribution < 1.29 is 37.1 Å². The van der Waals surface area contributed by atoms with Crippen LogP contribution in [0.15, 0.2) is 43.0 Å². The van der Waals surface area contributed by atoms with Gasteiger partial charge in [-0.15, -0.1) is 0 Å². The van der Waals surface area contributed by atoms with Gasteiger partial charge in [0, 0.05) is 0 Å². The normalized spacial score (nSPS) is 18.7. The van der Waals surface area contributed by atoms with Gasteiger partial charge in [-0.3, -0.25) is 0 Å². The number of hydrogen-bond donors (Lipinski definition) is 0. The van der Waals surface area contributed by atoms with Crippen molar-refractivity contribution >= 4 is 0 Å². The molecule has 0 saturated heterocycles. The average Bonchev–Trinajstić information content (AvgIpc) is 2.60. The fourth-order valence-electron chi connectivity index (χ4n) is 1.29. The number of allylic oxidation sites excluding steroid dienone is 8. The zero-order valence-corrected chi connectivity index (χ0v) is 9.97. The first-order valence-electron chi connectivity index (χ1n) is 3.93. The molecule has 0 aromatic carbocycles. The maximum absolute atomic E-state index is 2.31. The summed E-state index contributed by atoms with van der Waals surface area (Å²) in [6.45, 7) is 0. The van der Waals surface area contributed by atoms with Crippen LogP contribution in [0.1, 0.15) is 14.3 Å². The van der Waals surface area contributed by atoms with Crippen LogP contribution in [-0.4, -0.2) is 0 Å². The average molecular weight is 258 g/mol. The summed E-state index contributed by atoms with van der Waals surface area (Å²) in [5, 5.41) is 0. The number of halogens is 1. The Labute approximate surface area is 92.6 Å². The van der Waals surface area contributed by atoms with Crippen LogP contribution >= 0.6 is 0 Å². The molecule has 0 fully saturated rings. The van der Waals surface area contributed by atoms with Crippen LogP contribution in [0.4, 0.5) is 0 Å². The smallest absolute Gasteiger partial charge is 1.00 e. The third-order valence-corrected chi connectivity index (χ3v) is 5.27. The van der Waals surface area contributed by atoms with Crippen LogP contribution in [0.2, 0.25) is 0 Å². The third kappa shape index (κ3) is 2.57. The Hall–Kier alpha value is 0.133. The molecule has 0 heterocycles. The van der Waals surface area contributed by atoms with E-state index in [2.05, 4.69) is 36.5 Å². The van der Waals surface area contributed by atoms with Crippen molar-refractivity contribution in [1.29, 1.82) is 0 Å². The standard InChI is InChI=1S/2C5H5.ClH.Zr.H/c2*1-2-4-5-3-1;;;/h2*1-3H,4H2;1H;;/q;;;;-1/p-1. The van der Waals surface area contributed by atoms with E-state index in [9.17, 15) is 0 Å². The predicted octanol–water partition coefficient (Wildman–Crippen LogP) is -0.127. The molecule has 0 nitrogen and oxygen atoms in total. The first-order chi connectivity index (χ1) is 5.45. The molecule has 0 aliphatic heterocycles. The first-order valence-corrected chi connectivity index (χ1v) is 6.39. The first kappa shape index (κ1) is 10.2. The molecule has 0 N–H and O–H groups in total. The molecule has 12 heavy (non-hydrogen) atoms. The second kappa shape index (κ2) is 4.99. The number of hydrogen-bond acceptors (Lipinski definition) is 0. The maximum atomic E-state index is 2.31. The minimum Gasteiger partial charge on any atom is -1.00 e. The summed E-state index contributed by atoms with van der Waals surface area (Å²) in [5.41, 5.74) is 0. The minimum absolute atomic E-state index is 0. The SMILES string of the molecule is C1=CC[C]([Zr][C]2=CC=CC2)=C1.[Cl-].[H-]. The predicted molar refractivity (Wildman–Crippen MR) is 44.8 cm³/mol. The van der Waals surface area contributed by atoms with Crippen molar-refractivity contribution in [2.75, 3.05) is 0 Å². The Bertz CT molecular complexity index is 249. The summed E-state index contributed by atoms with van der Waals surface area (Å²) >= 11 is -0.312. The Morgan fingerprint density at radius 1 is 1.00 bits per heavy atom. The van der Waals surface area contributed by atoms with E-state index in [1.54, 1.807) is 6.56 Å². The molecule has 0 saturated carbocycles. The topological polar surface area (TPSA) is 0 Å². The van der Waals surface area contributed by atoms with E-state index >= 15 is 0 Å². The molecule has 2 rings (SSSR count). The van der Waals surface area contributed by atoms with Gasteiger partial charge < -0.3 is 13.8 Å². The summed E-state index contributed by atoms with van der Waals surface area (Å²) in [6.07, 6.45) is 16.0. The summed E-state index contributed by atoms with van der Waals surface area (Å²) in [4.78, 5) is 0. The van der Waals surface area contributed by atoms with Gasteiger partial charge in [-0.25, -0.2) is 0 Å². The molecular weight excluding hydrogens is 247 g/mol. The molecule has 2 aliphatic carbocycles. The molecule has 0 radical (unpaired) electrons. The second-order valence-electron chi connectivity index (χ2n) is 2.77. The van der Waals surface area contributed by atoms with Crippen LogP contribution in [0, 0.1) is 0 Å². The van der Waals surface area contributed by atoms with E-state index in [0.29, 0.717) is 0 Å². The van der Waals surface area contributed by atoms with E-state index in [-0.39, 0.29) is 37.1 Å². The maximum Gasteiger partial charge on any atom is -1.00 e. The molecule has 64 valence electrons.